The quantitative estimate of drug-likeness (QED) is 0.736. The maximum Gasteiger partial charge on any atom is 0.325 e. The van der Waals surface area contributed by atoms with Crippen molar-refractivity contribution in [2.75, 3.05) is 5.75 Å². The Kier molecular flexibility index (Phi) is 7.66. The Balaban J connectivity index is 4.48. The van der Waals surface area contributed by atoms with E-state index in [4.69, 9.17) is 5.11 Å². The van der Waals surface area contributed by atoms with Crippen molar-refractivity contribution >= 4 is 28.8 Å². The Morgan fingerprint density at radius 2 is 1.78 bits per heavy atom. The highest BCUT2D eigenvalue weighted by Gasteiger charge is 2.23. The summed E-state index contributed by atoms with van der Waals surface area (Å²) < 4.78 is 0. The number of amides is 1. The van der Waals surface area contributed by atoms with Gasteiger partial charge >= 0.3 is 5.97 Å². The average Bonchev–Trinajstić information content (AvgIpc) is 2.22. The van der Waals surface area contributed by atoms with Gasteiger partial charge in [0.25, 0.3) is 0 Å². The highest BCUT2D eigenvalue weighted by atomic mass is 32.2. The molecule has 0 saturated heterocycles. The molecule has 0 radical (unpaired) electrons. The molecule has 1 amide bonds. The van der Waals surface area contributed by atoms with Crippen molar-refractivity contribution in [1.29, 1.82) is 0 Å². The van der Waals surface area contributed by atoms with E-state index in [2.05, 4.69) is 5.32 Å². The van der Waals surface area contributed by atoms with Gasteiger partial charge in [0.1, 0.15) is 6.04 Å². The molecule has 0 rings (SSSR count). The summed E-state index contributed by atoms with van der Waals surface area (Å²) in [4.78, 5) is 33.5. The number of carboxylic acid groups (broad SMARTS) is 1. The molecule has 2 atom stereocenters. The first-order valence-electron chi connectivity index (χ1n) is 5.90. The predicted octanol–water partition coefficient (Wildman–Crippen LogP) is 1.52. The Morgan fingerprint density at radius 3 is 2.17 bits per heavy atom. The maximum atomic E-state index is 11.9. The van der Waals surface area contributed by atoms with Gasteiger partial charge in [-0.2, -0.15) is 0 Å². The van der Waals surface area contributed by atoms with Crippen LogP contribution in [0.25, 0.3) is 0 Å². The fraction of sp³-hybridized carbons (Fsp3) is 0.750. The number of thioether (sulfide) groups is 1. The third-order valence-corrected chi connectivity index (χ3v) is 3.32. The van der Waals surface area contributed by atoms with Crippen LogP contribution in [0.1, 0.15) is 34.1 Å². The topological polar surface area (TPSA) is 83.5 Å². The normalized spacial score (nSPS) is 14.1. The summed E-state index contributed by atoms with van der Waals surface area (Å²) in [5, 5.41) is 11.1. The van der Waals surface area contributed by atoms with Crippen LogP contribution in [0.3, 0.4) is 0 Å². The average molecular weight is 275 g/mol. The molecule has 0 aliphatic heterocycles. The van der Waals surface area contributed by atoms with Gasteiger partial charge in [-0.15, -0.1) is 0 Å². The third kappa shape index (κ3) is 7.32. The van der Waals surface area contributed by atoms with Crippen molar-refractivity contribution in [3.8, 4) is 0 Å². The number of rotatable bonds is 7. The Labute approximate surface area is 112 Å². The van der Waals surface area contributed by atoms with Crippen LogP contribution in [-0.4, -0.2) is 33.9 Å². The van der Waals surface area contributed by atoms with E-state index in [1.807, 2.05) is 13.8 Å². The van der Waals surface area contributed by atoms with Crippen molar-refractivity contribution in [1.82, 2.24) is 5.32 Å². The van der Waals surface area contributed by atoms with Gasteiger partial charge in [-0.25, -0.2) is 0 Å². The van der Waals surface area contributed by atoms with E-state index in [0.717, 1.165) is 11.8 Å². The molecule has 0 aromatic heterocycles. The van der Waals surface area contributed by atoms with Gasteiger partial charge < -0.3 is 10.4 Å². The monoisotopic (exact) mass is 275 g/mol. The molecule has 104 valence electrons. The first kappa shape index (κ1) is 17.0. The molecule has 6 heteroatoms. The lowest BCUT2D eigenvalue weighted by molar-refractivity contribution is -0.141. The number of carboxylic acids is 1. The molecule has 0 aliphatic carbocycles. The molecule has 1 unspecified atom stereocenters. The van der Waals surface area contributed by atoms with Crippen molar-refractivity contribution in [2.45, 2.75) is 40.2 Å². The van der Waals surface area contributed by atoms with E-state index in [0.29, 0.717) is 18.1 Å². The Bertz CT molecular complexity index is 317. The van der Waals surface area contributed by atoms with E-state index in [-0.39, 0.29) is 16.9 Å². The number of nitrogens with one attached hydrogen (secondary N) is 1. The second-order valence-electron chi connectivity index (χ2n) is 4.70. The van der Waals surface area contributed by atoms with Crippen molar-refractivity contribution in [3.05, 3.63) is 0 Å². The van der Waals surface area contributed by atoms with Crippen LogP contribution in [0.2, 0.25) is 0 Å². The summed E-state index contributed by atoms with van der Waals surface area (Å²) in [6.45, 7) is 6.85. The highest BCUT2D eigenvalue weighted by Crippen LogP contribution is 2.18. The zero-order valence-electron chi connectivity index (χ0n) is 11.2. The van der Waals surface area contributed by atoms with Gasteiger partial charge in [0.2, 0.25) is 5.91 Å². The lowest BCUT2D eigenvalue weighted by atomic mass is 9.98. The Morgan fingerprint density at radius 1 is 1.22 bits per heavy atom. The summed E-state index contributed by atoms with van der Waals surface area (Å²) >= 11 is 1.10. The van der Waals surface area contributed by atoms with Gasteiger partial charge in [-0.3, -0.25) is 14.4 Å². The molecule has 0 aromatic carbocycles. The summed E-state index contributed by atoms with van der Waals surface area (Å²) in [6, 6.07) is -0.908. The van der Waals surface area contributed by atoms with E-state index in [9.17, 15) is 14.4 Å². The largest absolute Gasteiger partial charge is 0.480 e. The van der Waals surface area contributed by atoms with Gasteiger partial charge in [-0.1, -0.05) is 25.6 Å². The number of carbonyl (C=O) groups is 3. The lowest BCUT2D eigenvalue weighted by Gasteiger charge is -2.19. The molecule has 0 bridgehead atoms. The molecule has 18 heavy (non-hydrogen) atoms. The van der Waals surface area contributed by atoms with Crippen molar-refractivity contribution in [2.24, 2.45) is 11.8 Å². The number of aliphatic carboxylic acids is 1. The fourth-order valence-electron chi connectivity index (χ4n) is 1.43. The predicted molar refractivity (Wildman–Crippen MR) is 71.3 cm³/mol. The molecular weight excluding hydrogens is 254 g/mol. The minimum Gasteiger partial charge on any atom is -0.480 e. The van der Waals surface area contributed by atoms with Crippen LogP contribution in [0.4, 0.5) is 0 Å². The van der Waals surface area contributed by atoms with Crippen LogP contribution in [0.15, 0.2) is 0 Å². The minimum absolute atomic E-state index is 0.0390. The van der Waals surface area contributed by atoms with Crippen LogP contribution in [0.5, 0.6) is 0 Å². The molecular formula is C12H21NO4S. The summed E-state index contributed by atoms with van der Waals surface area (Å²) in [5.74, 6) is -0.988. The molecule has 0 fully saturated rings. The molecule has 2 N–H and O–H groups in total. The van der Waals surface area contributed by atoms with Gasteiger partial charge in [0.05, 0.1) is 0 Å². The molecule has 0 saturated carbocycles. The smallest absolute Gasteiger partial charge is 0.325 e. The highest BCUT2D eigenvalue weighted by molar-refractivity contribution is 8.13. The van der Waals surface area contributed by atoms with Crippen LogP contribution in [0, 0.1) is 11.8 Å². The second-order valence-corrected chi connectivity index (χ2v) is 5.89. The zero-order chi connectivity index (χ0) is 14.3. The number of hydrogen-bond acceptors (Lipinski definition) is 4. The third-order valence-electron chi connectivity index (χ3n) is 2.34. The van der Waals surface area contributed by atoms with E-state index < -0.39 is 12.0 Å². The first-order valence-corrected chi connectivity index (χ1v) is 6.89. The van der Waals surface area contributed by atoms with E-state index in [1.165, 1.54) is 13.8 Å². The molecule has 5 nitrogen and oxygen atoms in total. The van der Waals surface area contributed by atoms with E-state index in [1.54, 1.807) is 0 Å². The zero-order valence-corrected chi connectivity index (χ0v) is 12.0. The van der Waals surface area contributed by atoms with Crippen molar-refractivity contribution in [3.63, 3.8) is 0 Å². The fourth-order valence-corrected chi connectivity index (χ4v) is 2.15. The number of hydrogen-bond donors (Lipinski definition) is 2. The summed E-state index contributed by atoms with van der Waals surface area (Å²) in [7, 11) is 0. The molecule has 0 spiro atoms. The molecule has 0 aromatic rings. The molecule has 0 aliphatic rings. The van der Waals surface area contributed by atoms with Crippen LogP contribution in [-0.2, 0) is 14.4 Å². The van der Waals surface area contributed by atoms with Crippen molar-refractivity contribution < 1.29 is 19.5 Å². The van der Waals surface area contributed by atoms with Gasteiger partial charge in [0.15, 0.2) is 5.12 Å². The maximum absolute atomic E-state index is 11.9. The lowest BCUT2D eigenvalue weighted by Crippen LogP contribution is -2.42. The first-order chi connectivity index (χ1) is 8.23. The molecule has 0 heterocycles. The number of carbonyl (C=O) groups excluding carboxylic acids is 2. The van der Waals surface area contributed by atoms with Crippen LogP contribution >= 0.6 is 11.8 Å². The SMILES string of the molecule is CC(=O)SCC(CC(C)C)C(=O)N[C@@H](C)C(=O)O. The van der Waals surface area contributed by atoms with Gasteiger partial charge in [0, 0.05) is 18.6 Å². The second kappa shape index (κ2) is 8.13. The Hall–Kier alpha value is -1.04. The summed E-state index contributed by atoms with van der Waals surface area (Å²) in [6.07, 6.45) is 0.637. The van der Waals surface area contributed by atoms with Gasteiger partial charge in [-0.05, 0) is 19.3 Å². The summed E-state index contributed by atoms with van der Waals surface area (Å²) in [5.41, 5.74) is 0. The van der Waals surface area contributed by atoms with Crippen LogP contribution < -0.4 is 5.32 Å². The standard InChI is InChI=1S/C12H21NO4S/c1-7(2)5-10(6-18-9(4)14)11(15)13-8(3)12(16)17/h7-8,10H,5-6H2,1-4H3,(H,13,15)(H,16,17)/t8-,10?/m0/s1. The minimum atomic E-state index is -1.06. The van der Waals surface area contributed by atoms with E-state index >= 15 is 0 Å².